The highest BCUT2D eigenvalue weighted by Crippen LogP contribution is 2.19. The van der Waals surface area contributed by atoms with Crippen molar-refractivity contribution in [1.29, 1.82) is 0 Å². The van der Waals surface area contributed by atoms with Crippen LogP contribution in [0, 0.1) is 6.92 Å². The minimum absolute atomic E-state index is 0.464. The fraction of sp³-hybridized carbons (Fsp3) is 0.111. The second-order valence-corrected chi connectivity index (χ2v) is 4.01. The van der Waals surface area contributed by atoms with Gasteiger partial charge in [0.1, 0.15) is 0 Å². The van der Waals surface area contributed by atoms with Gasteiger partial charge in [0, 0.05) is 4.47 Å². The SMILES string of the molecule is Cc1nc2ccc(Br)cc2nc1Cl. The quantitative estimate of drug-likeness (QED) is 0.723. The fourth-order valence-corrected chi connectivity index (χ4v) is 1.58. The molecule has 0 amide bonds. The van der Waals surface area contributed by atoms with Crippen molar-refractivity contribution in [3.63, 3.8) is 0 Å². The Balaban J connectivity index is 2.81. The molecule has 0 saturated heterocycles. The van der Waals surface area contributed by atoms with Gasteiger partial charge in [-0.15, -0.1) is 0 Å². The highest BCUT2D eigenvalue weighted by molar-refractivity contribution is 9.10. The zero-order valence-corrected chi connectivity index (χ0v) is 9.22. The van der Waals surface area contributed by atoms with E-state index in [2.05, 4.69) is 25.9 Å². The fourth-order valence-electron chi connectivity index (χ4n) is 1.09. The molecule has 0 radical (unpaired) electrons. The Kier molecular flexibility index (Phi) is 2.22. The number of halogens is 2. The number of hydrogen-bond acceptors (Lipinski definition) is 2. The molecule has 2 aromatic rings. The predicted octanol–water partition coefficient (Wildman–Crippen LogP) is 3.35. The van der Waals surface area contributed by atoms with Gasteiger partial charge in [-0.3, -0.25) is 0 Å². The number of aromatic nitrogens is 2. The number of benzene rings is 1. The Hall–Kier alpha value is -0.670. The van der Waals surface area contributed by atoms with Crippen LogP contribution in [0.2, 0.25) is 5.15 Å². The number of rotatable bonds is 0. The van der Waals surface area contributed by atoms with E-state index in [4.69, 9.17) is 11.6 Å². The molecule has 2 nitrogen and oxygen atoms in total. The molecule has 1 heterocycles. The zero-order chi connectivity index (χ0) is 9.42. The lowest BCUT2D eigenvalue weighted by Crippen LogP contribution is -1.89. The first-order chi connectivity index (χ1) is 6.16. The van der Waals surface area contributed by atoms with E-state index in [9.17, 15) is 0 Å². The number of aryl methyl sites for hydroxylation is 1. The molecule has 66 valence electrons. The van der Waals surface area contributed by atoms with Crippen LogP contribution in [-0.2, 0) is 0 Å². The van der Waals surface area contributed by atoms with Crippen LogP contribution in [0.25, 0.3) is 11.0 Å². The molecule has 0 saturated carbocycles. The lowest BCUT2D eigenvalue weighted by atomic mass is 10.3. The van der Waals surface area contributed by atoms with Crippen molar-refractivity contribution in [2.75, 3.05) is 0 Å². The summed E-state index contributed by atoms with van der Waals surface area (Å²) in [6.07, 6.45) is 0. The van der Waals surface area contributed by atoms with Crippen LogP contribution < -0.4 is 0 Å². The van der Waals surface area contributed by atoms with Gasteiger partial charge < -0.3 is 0 Å². The average molecular weight is 258 g/mol. The van der Waals surface area contributed by atoms with E-state index < -0.39 is 0 Å². The second-order valence-electron chi connectivity index (χ2n) is 2.73. The number of hydrogen-bond donors (Lipinski definition) is 0. The molecular weight excluding hydrogens is 251 g/mol. The van der Waals surface area contributed by atoms with Gasteiger partial charge in [-0.2, -0.15) is 0 Å². The molecule has 0 fully saturated rings. The summed E-state index contributed by atoms with van der Waals surface area (Å²) in [4.78, 5) is 8.51. The third-order valence-corrected chi connectivity index (χ3v) is 2.59. The molecular formula is C9H6BrClN2. The summed E-state index contributed by atoms with van der Waals surface area (Å²) in [5.74, 6) is 0. The molecule has 0 unspecified atom stereocenters. The van der Waals surface area contributed by atoms with E-state index in [1.54, 1.807) is 0 Å². The first kappa shape index (κ1) is 8.91. The van der Waals surface area contributed by atoms with Crippen molar-refractivity contribution in [2.45, 2.75) is 6.92 Å². The molecule has 0 atom stereocenters. The highest BCUT2D eigenvalue weighted by atomic mass is 79.9. The van der Waals surface area contributed by atoms with Gasteiger partial charge >= 0.3 is 0 Å². The molecule has 1 aromatic carbocycles. The summed E-state index contributed by atoms with van der Waals surface area (Å²) in [6, 6.07) is 5.74. The topological polar surface area (TPSA) is 25.8 Å². The monoisotopic (exact) mass is 256 g/mol. The van der Waals surface area contributed by atoms with E-state index in [1.807, 2.05) is 25.1 Å². The van der Waals surface area contributed by atoms with Crippen molar-refractivity contribution in [1.82, 2.24) is 9.97 Å². The van der Waals surface area contributed by atoms with Crippen molar-refractivity contribution < 1.29 is 0 Å². The Morgan fingerprint density at radius 1 is 1.23 bits per heavy atom. The van der Waals surface area contributed by atoms with Gasteiger partial charge in [0.25, 0.3) is 0 Å². The molecule has 0 aliphatic rings. The van der Waals surface area contributed by atoms with Gasteiger partial charge in [0.15, 0.2) is 5.15 Å². The second kappa shape index (κ2) is 3.24. The van der Waals surface area contributed by atoms with Gasteiger partial charge in [0.2, 0.25) is 0 Å². The van der Waals surface area contributed by atoms with Crippen molar-refractivity contribution >= 4 is 38.6 Å². The molecule has 4 heteroatoms. The summed E-state index contributed by atoms with van der Waals surface area (Å²) in [5, 5.41) is 0.464. The Labute approximate surface area is 89.1 Å². The summed E-state index contributed by atoms with van der Waals surface area (Å²) in [7, 11) is 0. The van der Waals surface area contributed by atoms with Crippen LogP contribution in [0.4, 0.5) is 0 Å². The molecule has 0 N–H and O–H groups in total. The Bertz CT molecular complexity index is 470. The molecule has 1 aromatic heterocycles. The number of nitrogens with zero attached hydrogens (tertiary/aromatic N) is 2. The van der Waals surface area contributed by atoms with Crippen molar-refractivity contribution in [3.05, 3.63) is 33.5 Å². The minimum atomic E-state index is 0.464. The van der Waals surface area contributed by atoms with E-state index in [1.165, 1.54) is 0 Å². The van der Waals surface area contributed by atoms with E-state index in [0.717, 1.165) is 21.2 Å². The van der Waals surface area contributed by atoms with Gasteiger partial charge in [-0.1, -0.05) is 27.5 Å². The molecule has 0 aliphatic carbocycles. The standard InChI is InChI=1S/C9H6BrClN2/c1-5-9(11)13-8-4-6(10)2-3-7(8)12-5/h2-4H,1H3. The maximum Gasteiger partial charge on any atom is 0.150 e. The molecule has 0 spiro atoms. The molecule has 0 aliphatic heterocycles. The van der Waals surface area contributed by atoms with Gasteiger partial charge in [0.05, 0.1) is 16.7 Å². The van der Waals surface area contributed by atoms with Crippen LogP contribution in [0.3, 0.4) is 0 Å². The Morgan fingerprint density at radius 2 is 2.00 bits per heavy atom. The first-order valence-electron chi connectivity index (χ1n) is 3.76. The van der Waals surface area contributed by atoms with Crippen molar-refractivity contribution in [3.8, 4) is 0 Å². The van der Waals surface area contributed by atoms with E-state index in [0.29, 0.717) is 5.15 Å². The Morgan fingerprint density at radius 3 is 2.77 bits per heavy atom. The first-order valence-corrected chi connectivity index (χ1v) is 4.93. The zero-order valence-electron chi connectivity index (χ0n) is 6.88. The summed E-state index contributed by atoms with van der Waals surface area (Å²) < 4.78 is 0.981. The normalized spacial score (nSPS) is 10.7. The molecule has 2 rings (SSSR count). The van der Waals surface area contributed by atoms with E-state index >= 15 is 0 Å². The number of fused-ring (bicyclic) bond motifs is 1. The van der Waals surface area contributed by atoms with Crippen LogP contribution in [0.15, 0.2) is 22.7 Å². The maximum atomic E-state index is 5.85. The predicted molar refractivity (Wildman–Crippen MR) is 57.0 cm³/mol. The van der Waals surface area contributed by atoms with Crippen molar-refractivity contribution in [2.24, 2.45) is 0 Å². The summed E-state index contributed by atoms with van der Waals surface area (Å²) >= 11 is 9.22. The molecule has 13 heavy (non-hydrogen) atoms. The lowest BCUT2D eigenvalue weighted by Gasteiger charge is -2.00. The van der Waals surface area contributed by atoms with Crippen LogP contribution in [0.5, 0.6) is 0 Å². The van der Waals surface area contributed by atoms with Crippen LogP contribution in [-0.4, -0.2) is 9.97 Å². The summed E-state index contributed by atoms with van der Waals surface area (Å²) in [6.45, 7) is 1.84. The largest absolute Gasteiger partial charge is 0.248 e. The van der Waals surface area contributed by atoms with Crippen LogP contribution in [0.1, 0.15) is 5.69 Å². The van der Waals surface area contributed by atoms with Gasteiger partial charge in [-0.05, 0) is 25.1 Å². The lowest BCUT2D eigenvalue weighted by molar-refractivity contribution is 1.18. The third-order valence-electron chi connectivity index (χ3n) is 1.74. The average Bonchev–Trinajstić information content (AvgIpc) is 2.08. The maximum absolute atomic E-state index is 5.85. The molecule has 0 bridgehead atoms. The minimum Gasteiger partial charge on any atom is -0.248 e. The van der Waals surface area contributed by atoms with Gasteiger partial charge in [-0.25, -0.2) is 9.97 Å². The highest BCUT2D eigenvalue weighted by Gasteiger charge is 2.02. The summed E-state index contributed by atoms with van der Waals surface area (Å²) in [5.41, 5.74) is 2.44. The van der Waals surface area contributed by atoms with E-state index in [-0.39, 0.29) is 0 Å². The smallest absolute Gasteiger partial charge is 0.150 e. The third kappa shape index (κ3) is 1.67. The van der Waals surface area contributed by atoms with Crippen LogP contribution >= 0.6 is 27.5 Å².